The van der Waals surface area contributed by atoms with Crippen LogP contribution in [0.5, 0.6) is 5.75 Å². The van der Waals surface area contributed by atoms with Gasteiger partial charge in [-0.25, -0.2) is 18.6 Å². The summed E-state index contributed by atoms with van der Waals surface area (Å²) in [5, 5.41) is 8.77. The van der Waals surface area contributed by atoms with Gasteiger partial charge >= 0.3 is 12.3 Å². The van der Waals surface area contributed by atoms with Crippen LogP contribution in [-0.2, 0) is 5.88 Å². The maximum absolute atomic E-state index is 12.4. The molecule has 0 aromatic carbocycles. The van der Waals surface area contributed by atoms with Crippen molar-refractivity contribution in [1.82, 2.24) is 4.98 Å². The van der Waals surface area contributed by atoms with Gasteiger partial charge in [0.2, 0.25) is 0 Å². The van der Waals surface area contributed by atoms with Crippen LogP contribution >= 0.6 is 11.6 Å². The Morgan fingerprint density at radius 2 is 2.05 bits per heavy atom. The molecule has 0 saturated carbocycles. The number of rotatable bonds is 4. The number of halogens is 6. The average Bonchev–Trinajstić information content (AvgIpc) is 2.24. The molecule has 1 N–H and O–H groups in total. The number of carboxylic acid groups (broad SMARTS) is 1. The van der Waals surface area contributed by atoms with Gasteiger partial charge in [0.1, 0.15) is 17.0 Å². The number of carboxylic acids is 1. The fourth-order valence-electron chi connectivity index (χ4n) is 1.24. The van der Waals surface area contributed by atoms with Gasteiger partial charge in [-0.3, -0.25) is 0 Å². The molecule has 0 amide bonds. The topological polar surface area (TPSA) is 59.4 Å². The van der Waals surface area contributed by atoms with Crippen LogP contribution in [0.2, 0.25) is 0 Å². The maximum Gasteiger partial charge on any atom is 0.573 e. The van der Waals surface area contributed by atoms with Gasteiger partial charge in [0.25, 0.3) is 6.43 Å². The van der Waals surface area contributed by atoms with Crippen molar-refractivity contribution < 1.29 is 36.6 Å². The Morgan fingerprint density at radius 3 is 2.42 bits per heavy atom. The first-order valence-corrected chi connectivity index (χ1v) is 5.06. The number of pyridine rings is 1. The third kappa shape index (κ3) is 3.91. The molecule has 0 unspecified atom stereocenters. The van der Waals surface area contributed by atoms with Crippen LogP contribution in [0, 0.1) is 0 Å². The number of nitrogens with zero attached hydrogens (tertiary/aromatic N) is 1. The highest BCUT2D eigenvalue weighted by molar-refractivity contribution is 6.17. The van der Waals surface area contributed by atoms with Gasteiger partial charge in [-0.05, 0) is 0 Å². The van der Waals surface area contributed by atoms with Crippen LogP contribution in [0.4, 0.5) is 22.0 Å². The number of carbonyl (C=O) groups is 1. The van der Waals surface area contributed by atoms with Crippen molar-refractivity contribution in [3.63, 3.8) is 0 Å². The number of hydrogen-bond donors (Lipinski definition) is 1. The molecular formula is C9H5ClF5NO3. The lowest BCUT2D eigenvalue weighted by atomic mass is 10.1. The largest absolute Gasteiger partial charge is 0.573 e. The fraction of sp³-hybridized carbons (Fsp3) is 0.333. The lowest BCUT2D eigenvalue weighted by Crippen LogP contribution is -2.20. The normalized spacial score (nSPS) is 11.7. The second kappa shape index (κ2) is 5.55. The summed E-state index contributed by atoms with van der Waals surface area (Å²) < 4.78 is 64.6. The Kier molecular flexibility index (Phi) is 4.51. The molecule has 10 heteroatoms. The van der Waals surface area contributed by atoms with Gasteiger partial charge in [-0.1, -0.05) is 0 Å². The molecule has 1 heterocycles. The number of aromatic carboxylic acids is 1. The van der Waals surface area contributed by atoms with E-state index in [4.69, 9.17) is 16.7 Å². The average molecular weight is 306 g/mol. The molecule has 0 fully saturated rings. The first-order chi connectivity index (χ1) is 8.65. The zero-order valence-electron chi connectivity index (χ0n) is 8.84. The molecule has 0 saturated heterocycles. The van der Waals surface area contributed by atoms with Crippen LogP contribution in [-0.4, -0.2) is 22.4 Å². The molecular weight excluding hydrogens is 301 g/mol. The van der Waals surface area contributed by atoms with E-state index in [1.165, 1.54) is 0 Å². The van der Waals surface area contributed by atoms with E-state index in [1.807, 2.05) is 0 Å². The predicted octanol–water partition coefficient (Wildman–Crippen LogP) is 3.35. The second-order valence-electron chi connectivity index (χ2n) is 3.15. The number of hydrogen-bond acceptors (Lipinski definition) is 3. The number of ether oxygens (including phenoxy) is 1. The van der Waals surface area contributed by atoms with Crippen molar-refractivity contribution in [3.05, 3.63) is 23.0 Å². The highest BCUT2D eigenvalue weighted by atomic mass is 35.5. The van der Waals surface area contributed by atoms with Crippen molar-refractivity contribution >= 4 is 17.6 Å². The molecule has 1 rings (SSSR count). The minimum atomic E-state index is -5.23. The number of aromatic nitrogens is 1. The summed E-state index contributed by atoms with van der Waals surface area (Å²) in [5.41, 5.74) is -2.69. The smallest absolute Gasteiger partial charge is 0.477 e. The van der Waals surface area contributed by atoms with Crippen molar-refractivity contribution in [2.75, 3.05) is 0 Å². The van der Waals surface area contributed by atoms with Gasteiger partial charge in [0, 0.05) is 6.07 Å². The lowest BCUT2D eigenvalue weighted by Gasteiger charge is -2.14. The molecule has 4 nitrogen and oxygen atoms in total. The fourth-order valence-corrected chi connectivity index (χ4v) is 1.43. The van der Waals surface area contributed by atoms with Gasteiger partial charge < -0.3 is 9.84 Å². The summed E-state index contributed by atoms with van der Waals surface area (Å²) in [6, 6.07) is 0.220. The van der Waals surface area contributed by atoms with E-state index in [9.17, 15) is 26.7 Å². The van der Waals surface area contributed by atoms with Gasteiger partial charge in [0.15, 0.2) is 0 Å². The van der Waals surface area contributed by atoms with Gasteiger partial charge in [0.05, 0.1) is 11.6 Å². The SMILES string of the molecule is O=C(O)c1c(OC(F)(F)F)cc(C(F)F)nc1CCl. The number of alkyl halides is 6. The van der Waals surface area contributed by atoms with E-state index in [1.54, 1.807) is 0 Å². The monoisotopic (exact) mass is 305 g/mol. The van der Waals surface area contributed by atoms with Crippen molar-refractivity contribution in [2.24, 2.45) is 0 Å². The summed E-state index contributed by atoms with van der Waals surface area (Å²) in [6.07, 6.45) is -8.42. The van der Waals surface area contributed by atoms with Crippen LogP contribution in [0.1, 0.15) is 28.2 Å². The maximum atomic E-state index is 12.4. The summed E-state index contributed by atoms with van der Waals surface area (Å²) in [6.45, 7) is 0. The third-order valence-electron chi connectivity index (χ3n) is 1.87. The molecule has 0 bridgehead atoms. The molecule has 1 aromatic heterocycles. The molecule has 0 aliphatic heterocycles. The summed E-state index contributed by atoms with van der Waals surface area (Å²) in [7, 11) is 0. The highest BCUT2D eigenvalue weighted by Crippen LogP contribution is 2.32. The first kappa shape index (κ1) is 15.4. The Balaban J connectivity index is 3.45. The zero-order chi connectivity index (χ0) is 14.8. The zero-order valence-corrected chi connectivity index (χ0v) is 9.60. The van der Waals surface area contributed by atoms with E-state index in [0.29, 0.717) is 0 Å². The minimum Gasteiger partial charge on any atom is -0.477 e. The Hall–Kier alpha value is -1.64. The van der Waals surface area contributed by atoms with Crippen LogP contribution in [0.15, 0.2) is 6.07 Å². The quantitative estimate of drug-likeness (QED) is 0.684. The first-order valence-electron chi connectivity index (χ1n) is 4.52. The molecule has 0 aliphatic carbocycles. The predicted molar refractivity (Wildman–Crippen MR) is 52.4 cm³/mol. The van der Waals surface area contributed by atoms with Gasteiger partial charge in [-0.2, -0.15) is 0 Å². The molecule has 0 aliphatic rings. The summed E-state index contributed by atoms with van der Waals surface area (Å²) >= 11 is 5.29. The molecule has 1 aromatic rings. The minimum absolute atomic E-state index is 0.220. The van der Waals surface area contributed by atoms with E-state index in [0.717, 1.165) is 0 Å². The highest BCUT2D eigenvalue weighted by Gasteiger charge is 2.35. The molecule has 0 atom stereocenters. The third-order valence-corrected chi connectivity index (χ3v) is 2.12. The van der Waals surface area contributed by atoms with Crippen LogP contribution < -0.4 is 4.74 Å². The van der Waals surface area contributed by atoms with Crippen molar-refractivity contribution in [1.29, 1.82) is 0 Å². The standard InChI is InChI=1S/C9H5ClF5NO3/c10-2-4-6(8(17)18)5(19-9(13,14)15)1-3(16-4)7(11)12/h1,7H,2H2,(H,17,18). The molecule has 0 radical (unpaired) electrons. The van der Waals surface area contributed by atoms with E-state index >= 15 is 0 Å². The van der Waals surface area contributed by atoms with Crippen LogP contribution in [0.3, 0.4) is 0 Å². The summed E-state index contributed by atoms with van der Waals surface area (Å²) in [5.74, 6) is -3.75. The van der Waals surface area contributed by atoms with Crippen molar-refractivity contribution in [2.45, 2.75) is 18.7 Å². The summed E-state index contributed by atoms with van der Waals surface area (Å²) in [4.78, 5) is 14.0. The van der Waals surface area contributed by atoms with E-state index in [-0.39, 0.29) is 6.07 Å². The van der Waals surface area contributed by atoms with Crippen LogP contribution in [0.25, 0.3) is 0 Å². The Labute approximate surface area is 107 Å². The van der Waals surface area contributed by atoms with Crippen molar-refractivity contribution in [3.8, 4) is 5.75 Å². The van der Waals surface area contributed by atoms with E-state index in [2.05, 4.69) is 9.72 Å². The molecule has 19 heavy (non-hydrogen) atoms. The molecule has 106 valence electrons. The lowest BCUT2D eigenvalue weighted by molar-refractivity contribution is -0.274. The van der Waals surface area contributed by atoms with Gasteiger partial charge in [-0.15, -0.1) is 24.8 Å². The Morgan fingerprint density at radius 1 is 1.47 bits per heavy atom. The second-order valence-corrected chi connectivity index (χ2v) is 3.42. The Bertz CT molecular complexity index is 491. The molecule has 0 spiro atoms. The van der Waals surface area contributed by atoms with E-state index < -0.39 is 47.3 Å².